The summed E-state index contributed by atoms with van der Waals surface area (Å²) in [5, 5.41) is 6.09. The summed E-state index contributed by atoms with van der Waals surface area (Å²) in [6.45, 7) is 4.23. The van der Waals surface area contributed by atoms with Crippen molar-refractivity contribution in [2.24, 2.45) is 5.92 Å². The molecule has 1 aromatic heterocycles. The number of halogens is 1. The molecule has 0 aliphatic carbocycles. The third-order valence-electron chi connectivity index (χ3n) is 4.10. The van der Waals surface area contributed by atoms with E-state index in [1.165, 1.54) is 6.33 Å². The van der Waals surface area contributed by atoms with Crippen LogP contribution in [0.2, 0.25) is 5.02 Å². The van der Waals surface area contributed by atoms with Gasteiger partial charge < -0.3 is 10.2 Å². The Morgan fingerprint density at radius 2 is 1.88 bits per heavy atom. The average Bonchev–Trinajstić information content (AvgIpc) is 2.58. The first-order valence-corrected chi connectivity index (χ1v) is 8.38. The zero-order valence-electron chi connectivity index (χ0n) is 13.5. The van der Waals surface area contributed by atoms with Gasteiger partial charge in [-0.1, -0.05) is 18.5 Å². The molecule has 7 heteroatoms. The number of urea groups is 1. The van der Waals surface area contributed by atoms with Gasteiger partial charge in [-0.3, -0.25) is 5.32 Å². The number of carbonyl (C=O) groups excluding carboxylic acids is 1. The largest absolute Gasteiger partial charge is 0.356 e. The average molecular weight is 346 g/mol. The van der Waals surface area contributed by atoms with Gasteiger partial charge in [-0.05, 0) is 43.0 Å². The van der Waals surface area contributed by atoms with Gasteiger partial charge in [0.25, 0.3) is 0 Å². The topological polar surface area (TPSA) is 70.2 Å². The van der Waals surface area contributed by atoms with E-state index in [0.717, 1.165) is 37.7 Å². The number of hydrogen-bond donors (Lipinski definition) is 2. The predicted molar refractivity (Wildman–Crippen MR) is 96.7 cm³/mol. The molecule has 24 heavy (non-hydrogen) atoms. The molecule has 6 nitrogen and oxygen atoms in total. The lowest BCUT2D eigenvalue weighted by Gasteiger charge is -2.31. The number of amides is 2. The molecule has 1 aliphatic heterocycles. The highest BCUT2D eigenvalue weighted by Crippen LogP contribution is 2.22. The molecule has 2 heterocycles. The fourth-order valence-electron chi connectivity index (χ4n) is 2.64. The summed E-state index contributed by atoms with van der Waals surface area (Å²) in [6, 6.07) is 8.37. The van der Waals surface area contributed by atoms with Crippen LogP contribution in [-0.2, 0) is 0 Å². The SMILES string of the molecule is CC1CCN(c2cc(NC(=O)Nc3ccc(Cl)cc3)ncn2)CC1. The van der Waals surface area contributed by atoms with E-state index < -0.39 is 0 Å². The number of piperidine rings is 1. The Morgan fingerprint density at radius 1 is 1.17 bits per heavy atom. The number of hydrogen-bond acceptors (Lipinski definition) is 4. The Kier molecular flexibility index (Phi) is 5.15. The Morgan fingerprint density at radius 3 is 2.58 bits per heavy atom. The minimum absolute atomic E-state index is 0.353. The molecule has 0 spiro atoms. The van der Waals surface area contributed by atoms with Crippen molar-refractivity contribution in [2.75, 3.05) is 28.6 Å². The minimum Gasteiger partial charge on any atom is -0.356 e. The van der Waals surface area contributed by atoms with Crippen LogP contribution in [-0.4, -0.2) is 29.1 Å². The van der Waals surface area contributed by atoms with Gasteiger partial charge in [-0.15, -0.1) is 0 Å². The fraction of sp³-hybridized carbons (Fsp3) is 0.353. The highest BCUT2D eigenvalue weighted by Gasteiger charge is 2.17. The lowest BCUT2D eigenvalue weighted by molar-refractivity contribution is 0.262. The fourth-order valence-corrected chi connectivity index (χ4v) is 2.76. The Hall–Kier alpha value is -2.34. The first-order valence-electron chi connectivity index (χ1n) is 8.01. The van der Waals surface area contributed by atoms with Crippen LogP contribution in [0.25, 0.3) is 0 Å². The Labute approximate surface area is 146 Å². The maximum absolute atomic E-state index is 12.1. The lowest BCUT2D eigenvalue weighted by atomic mass is 9.99. The number of nitrogens with one attached hydrogen (secondary N) is 2. The van der Waals surface area contributed by atoms with Gasteiger partial charge in [0.15, 0.2) is 0 Å². The van der Waals surface area contributed by atoms with Crippen LogP contribution in [0, 0.1) is 5.92 Å². The van der Waals surface area contributed by atoms with Crippen LogP contribution in [0.4, 0.5) is 22.1 Å². The van der Waals surface area contributed by atoms with Gasteiger partial charge in [0, 0.05) is 29.9 Å². The van der Waals surface area contributed by atoms with Crippen molar-refractivity contribution in [3.63, 3.8) is 0 Å². The molecule has 0 radical (unpaired) electrons. The van der Waals surface area contributed by atoms with E-state index in [-0.39, 0.29) is 6.03 Å². The monoisotopic (exact) mass is 345 g/mol. The molecule has 0 bridgehead atoms. The highest BCUT2D eigenvalue weighted by molar-refractivity contribution is 6.30. The van der Waals surface area contributed by atoms with Crippen LogP contribution in [0.15, 0.2) is 36.7 Å². The van der Waals surface area contributed by atoms with Crippen LogP contribution in [0.1, 0.15) is 19.8 Å². The quantitative estimate of drug-likeness (QED) is 0.881. The van der Waals surface area contributed by atoms with E-state index in [1.54, 1.807) is 30.3 Å². The molecule has 1 fully saturated rings. The van der Waals surface area contributed by atoms with Gasteiger partial charge in [0.1, 0.15) is 18.0 Å². The second kappa shape index (κ2) is 7.49. The molecule has 0 atom stereocenters. The van der Waals surface area contributed by atoms with E-state index in [9.17, 15) is 4.79 Å². The summed E-state index contributed by atoms with van der Waals surface area (Å²) in [5.41, 5.74) is 0.663. The molecule has 1 aliphatic rings. The van der Waals surface area contributed by atoms with Crippen molar-refractivity contribution in [2.45, 2.75) is 19.8 Å². The predicted octanol–water partition coefficient (Wildman–Crippen LogP) is 4.01. The number of rotatable bonds is 3. The molecular weight excluding hydrogens is 326 g/mol. The third kappa shape index (κ3) is 4.35. The van der Waals surface area contributed by atoms with Gasteiger partial charge in [-0.2, -0.15) is 0 Å². The molecule has 1 aromatic carbocycles. The van der Waals surface area contributed by atoms with Gasteiger partial charge >= 0.3 is 6.03 Å². The number of benzene rings is 1. The maximum atomic E-state index is 12.1. The number of nitrogens with zero attached hydrogens (tertiary/aromatic N) is 3. The van der Waals surface area contributed by atoms with Crippen LogP contribution >= 0.6 is 11.6 Å². The van der Waals surface area contributed by atoms with E-state index in [0.29, 0.717) is 16.5 Å². The second-order valence-corrected chi connectivity index (χ2v) is 6.45. The molecule has 2 aromatic rings. The summed E-state index contributed by atoms with van der Waals surface area (Å²) in [4.78, 5) is 22.7. The minimum atomic E-state index is -0.353. The molecule has 2 N–H and O–H groups in total. The molecule has 1 saturated heterocycles. The standard InChI is InChI=1S/C17H20ClN5O/c1-12-6-8-23(9-7-12)16-10-15(19-11-20-16)22-17(24)21-14-4-2-13(18)3-5-14/h2-5,10-12H,6-9H2,1H3,(H2,19,20,21,22,24). The van der Waals surface area contributed by atoms with E-state index >= 15 is 0 Å². The van der Waals surface area contributed by atoms with Crippen LogP contribution in [0.5, 0.6) is 0 Å². The summed E-state index contributed by atoms with van der Waals surface area (Å²) < 4.78 is 0. The Balaban J connectivity index is 1.61. The number of carbonyl (C=O) groups is 1. The first kappa shape index (κ1) is 16.5. The molecule has 3 rings (SSSR count). The van der Waals surface area contributed by atoms with E-state index in [4.69, 9.17) is 11.6 Å². The van der Waals surface area contributed by atoms with Gasteiger partial charge in [-0.25, -0.2) is 14.8 Å². The van der Waals surface area contributed by atoms with Crippen molar-refractivity contribution in [1.29, 1.82) is 0 Å². The number of anilines is 3. The molecule has 0 unspecified atom stereocenters. The van der Waals surface area contributed by atoms with E-state index in [1.807, 2.05) is 0 Å². The molecular formula is C17H20ClN5O. The third-order valence-corrected chi connectivity index (χ3v) is 4.36. The van der Waals surface area contributed by atoms with Crippen molar-refractivity contribution in [1.82, 2.24) is 9.97 Å². The smallest absolute Gasteiger partial charge is 0.324 e. The number of aromatic nitrogens is 2. The van der Waals surface area contributed by atoms with Crippen molar-refractivity contribution in [3.8, 4) is 0 Å². The highest BCUT2D eigenvalue weighted by atomic mass is 35.5. The summed E-state index contributed by atoms with van der Waals surface area (Å²) in [7, 11) is 0. The van der Waals surface area contributed by atoms with Crippen LogP contribution < -0.4 is 15.5 Å². The normalized spacial score (nSPS) is 15.2. The summed E-state index contributed by atoms with van der Waals surface area (Å²) >= 11 is 5.83. The van der Waals surface area contributed by atoms with Crippen molar-refractivity contribution < 1.29 is 4.79 Å². The summed E-state index contributed by atoms with van der Waals surface area (Å²) in [6.07, 6.45) is 3.79. The van der Waals surface area contributed by atoms with Crippen LogP contribution in [0.3, 0.4) is 0 Å². The van der Waals surface area contributed by atoms with Crippen molar-refractivity contribution in [3.05, 3.63) is 41.7 Å². The molecule has 0 saturated carbocycles. The van der Waals surface area contributed by atoms with Gasteiger partial charge in [0.2, 0.25) is 0 Å². The van der Waals surface area contributed by atoms with E-state index in [2.05, 4.69) is 32.4 Å². The first-order chi connectivity index (χ1) is 11.6. The summed E-state index contributed by atoms with van der Waals surface area (Å²) in [5.74, 6) is 2.08. The zero-order chi connectivity index (χ0) is 16.9. The van der Waals surface area contributed by atoms with Crippen molar-refractivity contribution >= 4 is 35.0 Å². The molecule has 2 amide bonds. The Bertz CT molecular complexity index is 698. The second-order valence-electron chi connectivity index (χ2n) is 6.02. The molecule has 126 valence electrons. The van der Waals surface area contributed by atoms with Gasteiger partial charge in [0.05, 0.1) is 0 Å². The lowest BCUT2D eigenvalue weighted by Crippen LogP contribution is -2.33. The zero-order valence-corrected chi connectivity index (χ0v) is 14.3. The maximum Gasteiger partial charge on any atom is 0.324 e.